The van der Waals surface area contributed by atoms with Gasteiger partial charge in [0, 0.05) is 56.7 Å². The average molecular weight is 558 g/mol. The summed E-state index contributed by atoms with van der Waals surface area (Å²) in [6, 6.07) is 8.34. The van der Waals surface area contributed by atoms with Gasteiger partial charge < -0.3 is 18.8 Å². The van der Waals surface area contributed by atoms with Gasteiger partial charge in [0.05, 0.1) is 40.6 Å². The zero-order chi connectivity index (χ0) is 27.5. The summed E-state index contributed by atoms with van der Waals surface area (Å²) in [7, 11) is -3.77. The Morgan fingerprint density at radius 3 is 2.56 bits per heavy atom. The zero-order valence-electron chi connectivity index (χ0n) is 23.3. The van der Waals surface area contributed by atoms with Crippen LogP contribution >= 0.6 is 0 Å². The summed E-state index contributed by atoms with van der Waals surface area (Å²) in [6.45, 7) is 13.9. The van der Waals surface area contributed by atoms with Crippen LogP contribution in [0.1, 0.15) is 45.9 Å². The first kappa shape index (κ1) is 28.0. The highest BCUT2D eigenvalue weighted by Crippen LogP contribution is 2.32. The van der Waals surface area contributed by atoms with Crippen molar-refractivity contribution in [3.05, 3.63) is 42.4 Å². The Balaban J connectivity index is 1.34. The van der Waals surface area contributed by atoms with Crippen molar-refractivity contribution in [2.24, 2.45) is 5.92 Å². The number of imidazole rings is 1. The van der Waals surface area contributed by atoms with Crippen LogP contribution in [0.4, 0.5) is 0 Å². The van der Waals surface area contributed by atoms with Gasteiger partial charge in [-0.3, -0.25) is 4.90 Å². The number of morpholine rings is 1. The molecule has 9 nitrogen and oxygen atoms in total. The molecule has 2 aliphatic rings. The van der Waals surface area contributed by atoms with E-state index in [4.69, 9.17) is 14.5 Å². The quantitative estimate of drug-likeness (QED) is 0.293. The fourth-order valence-electron chi connectivity index (χ4n) is 5.34. The van der Waals surface area contributed by atoms with E-state index in [0.29, 0.717) is 23.9 Å². The number of aliphatic hydroxyl groups is 2. The number of fused-ring (bicyclic) bond motifs is 1. The lowest BCUT2D eigenvalue weighted by Gasteiger charge is -2.26. The van der Waals surface area contributed by atoms with Crippen molar-refractivity contribution < 1.29 is 22.6 Å². The minimum absolute atomic E-state index is 0.168. The van der Waals surface area contributed by atoms with Crippen molar-refractivity contribution in [2.45, 2.75) is 61.8 Å². The van der Waals surface area contributed by atoms with Crippen molar-refractivity contribution in [2.75, 3.05) is 52.7 Å². The Hall–Kier alpha value is -2.53. The molecule has 0 radical (unpaired) electrons. The standard InChI is InChI=1S/C29H40N4O5S/c1-29(2,3)28-31-25-19-23(5-6-26(25)33(28)21-22-8-15-36-16-9-22)39(34,35)24-7-10-30-27(20-24)38-14-4-11-32-12-17-37-18-13-32/h5-7,10,19-20,22H,4,8-9,11-18,21H2,1-3H3/p+1. The molecule has 39 heavy (non-hydrogen) atoms. The van der Waals surface area contributed by atoms with Crippen molar-refractivity contribution in [1.82, 2.24) is 19.4 Å². The van der Waals surface area contributed by atoms with Gasteiger partial charge in [-0.25, -0.2) is 18.4 Å². The molecule has 1 N–H and O–H groups in total. The van der Waals surface area contributed by atoms with Gasteiger partial charge in [-0.2, -0.15) is 0 Å². The van der Waals surface area contributed by atoms with Gasteiger partial charge in [0.15, 0.2) is 0 Å². The van der Waals surface area contributed by atoms with Gasteiger partial charge in [0.2, 0.25) is 15.7 Å². The summed E-state index contributed by atoms with van der Waals surface area (Å²) in [5.74, 6) is 1.84. The highest BCUT2D eigenvalue weighted by atomic mass is 32.2. The van der Waals surface area contributed by atoms with E-state index in [9.17, 15) is 8.42 Å². The number of hydrogen-bond acceptors (Lipinski definition) is 7. The lowest BCUT2D eigenvalue weighted by atomic mass is 9.94. The Morgan fingerprint density at radius 1 is 1.08 bits per heavy atom. The highest BCUT2D eigenvalue weighted by Gasteiger charge is 2.27. The molecule has 3 aromatic rings. The van der Waals surface area contributed by atoms with Crippen LogP contribution in [0.5, 0.6) is 5.88 Å². The van der Waals surface area contributed by atoms with Crippen LogP contribution in [0, 0.1) is 5.92 Å². The monoisotopic (exact) mass is 557 g/mol. The van der Waals surface area contributed by atoms with E-state index in [-0.39, 0.29) is 15.2 Å². The van der Waals surface area contributed by atoms with Crippen LogP contribution in [-0.2, 0) is 26.5 Å². The van der Waals surface area contributed by atoms with Crippen molar-refractivity contribution in [3.63, 3.8) is 0 Å². The number of ether oxygens (including phenoxy) is 3. The molecule has 0 unspecified atom stereocenters. The molecule has 0 aliphatic carbocycles. The summed E-state index contributed by atoms with van der Waals surface area (Å²) in [6.07, 6.45) is 4.49. The minimum Gasteiger partial charge on any atom is -0.478 e. The number of hydrogen-bond donors (Lipinski definition) is 0. The molecule has 10 heteroatoms. The van der Waals surface area contributed by atoms with Crippen molar-refractivity contribution >= 4 is 20.9 Å². The van der Waals surface area contributed by atoms with Crippen LogP contribution in [0.25, 0.3) is 11.0 Å². The first-order chi connectivity index (χ1) is 18.7. The largest absolute Gasteiger partial charge is 0.478 e. The SMILES string of the molecule is CC(C)(C)c1nc2cc(S(=O)(=O)c3ccnc(OCCCN4CCOCC4)c3)ccc2n1CC1CC[OH+]CC1. The van der Waals surface area contributed by atoms with Crippen LogP contribution in [-0.4, -0.2) is 85.3 Å². The molecule has 5 rings (SSSR count). The first-order valence-electron chi connectivity index (χ1n) is 14.0. The summed E-state index contributed by atoms with van der Waals surface area (Å²) >= 11 is 0. The van der Waals surface area contributed by atoms with E-state index in [1.165, 1.54) is 18.3 Å². The maximum absolute atomic E-state index is 13.6. The van der Waals surface area contributed by atoms with E-state index >= 15 is 0 Å². The average Bonchev–Trinajstić information content (AvgIpc) is 3.31. The zero-order valence-corrected chi connectivity index (χ0v) is 24.1. The molecule has 212 valence electrons. The Morgan fingerprint density at radius 2 is 1.82 bits per heavy atom. The van der Waals surface area contributed by atoms with Gasteiger partial charge >= 0.3 is 0 Å². The molecular formula is C29H41N4O5S+. The fourth-order valence-corrected chi connectivity index (χ4v) is 6.62. The molecule has 0 bridgehead atoms. The lowest BCUT2D eigenvalue weighted by Crippen LogP contribution is -2.37. The summed E-state index contributed by atoms with van der Waals surface area (Å²) < 4.78 is 45.2. The third kappa shape index (κ3) is 6.62. The second-order valence-corrected chi connectivity index (χ2v) is 13.5. The molecule has 0 atom stereocenters. The maximum Gasteiger partial charge on any atom is 0.214 e. The van der Waals surface area contributed by atoms with E-state index in [2.05, 4.69) is 40.0 Å². The molecule has 2 fully saturated rings. The predicted molar refractivity (Wildman–Crippen MR) is 150 cm³/mol. The molecule has 4 heterocycles. The van der Waals surface area contributed by atoms with Gasteiger partial charge in [-0.15, -0.1) is 0 Å². The van der Waals surface area contributed by atoms with Crippen LogP contribution in [0.2, 0.25) is 0 Å². The minimum atomic E-state index is -3.77. The first-order valence-corrected chi connectivity index (χ1v) is 15.5. The normalized spacial score (nSPS) is 18.0. The van der Waals surface area contributed by atoms with Gasteiger partial charge in [0.1, 0.15) is 19.0 Å². The van der Waals surface area contributed by atoms with Gasteiger partial charge in [-0.05, 0) is 36.6 Å². The second-order valence-electron chi connectivity index (χ2n) is 11.5. The number of sulfone groups is 1. The maximum atomic E-state index is 13.6. The van der Waals surface area contributed by atoms with Crippen LogP contribution in [0.3, 0.4) is 0 Å². The summed E-state index contributed by atoms with van der Waals surface area (Å²) in [5.41, 5.74) is 1.51. The molecule has 0 spiro atoms. The van der Waals surface area contributed by atoms with E-state index in [0.717, 1.165) is 83.2 Å². The summed E-state index contributed by atoms with van der Waals surface area (Å²) in [4.78, 5) is 11.9. The van der Waals surface area contributed by atoms with Crippen LogP contribution in [0.15, 0.2) is 46.3 Å². The van der Waals surface area contributed by atoms with Crippen molar-refractivity contribution in [3.8, 4) is 5.88 Å². The number of benzene rings is 1. The number of pyridine rings is 1. The lowest BCUT2D eigenvalue weighted by molar-refractivity contribution is -0.0810. The number of aromatic nitrogens is 3. The Kier molecular flexibility index (Phi) is 8.56. The Bertz CT molecular complexity index is 1370. The van der Waals surface area contributed by atoms with E-state index in [1.807, 2.05) is 6.07 Å². The second kappa shape index (κ2) is 11.9. The molecule has 2 aromatic heterocycles. The topological polar surface area (TPSA) is 99.4 Å². The smallest absolute Gasteiger partial charge is 0.214 e. The highest BCUT2D eigenvalue weighted by molar-refractivity contribution is 7.91. The van der Waals surface area contributed by atoms with Crippen molar-refractivity contribution in [1.29, 1.82) is 0 Å². The molecule has 1 aromatic carbocycles. The molecule has 2 aliphatic heterocycles. The fraction of sp³-hybridized carbons (Fsp3) is 0.586. The molecular weight excluding hydrogens is 516 g/mol. The Labute approximate surface area is 231 Å². The molecule has 0 amide bonds. The number of nitrogens with zero attached hydrogens (tertiary/aromatic N) is 4. The molecule has 2 saturated heterocycles. The number of rotatable bonds is 9. The van der Waals surface area contributed by atoms with Crippen LogP contribution < -0.4 is 4.74 Å². The summed E-state index contributed by atoms with van der Waals surface area (Å²) in [5, 5.41) is 0. The van der Waals surface area contributed by atoms with Gasteiger partial charge in [0.25, 0.3) is 0 Å². The molecule has 0 saturated carbocycles. The third-order valence-corrected chi connectivity index (χ3v) is 9.27. The van der Waals surface area contributed by atoms with Gasteiger partial charge in [-0.1, -0.05) is 20.8 Å². The third-order valence-electron chi connectivity index (χ3n) is 7.52. The van der Waals surface area contributed by atoms with E-state index < -0.39 is 9.84 Å². The van der Waals surface area contributed by atoms with E-state index in [1.54, 1.807) is 12.1 Å². The predicted octanol–water partition coefficient (Wildman–Crippen LogP) is 3.60.